The molecule has 0 radical (unpaired) electrons. The van der Waals surface area contributed by atoms with Crippen molar-refractivity contribution < 1.29 is 0 Å². The Hall–Kier alpha value is -1.39. The lowest BCUT2D eigenvalue weighted by Gasteiger charge is -1.89. The van der Waals surface area contributed by atoms with Gasteiger partial charge in [-0.05, 0) is 6.92 Å². The van der Waals surface area contributed by atoms with Crippen molar-refractivity contribution in [2.45, 2.75) is 11.3 Å². The molecule has 2 aromatic heterocycles. The van der Waals surface area contributed by atoms with Crippen molar-refractivity contribution in [1.82, 2.24) is 14.6 Å². The highest BCUT2D eigenvalue weighted by Gasteiger charge is 2.07. The third-order valence-electron chi connectivity index (χ3n) is 1.49. The molecule has 0 saturated heterocycles. The number of aryl methyl sites for hydroxylation is 1. The summed E-state index contributed by atoms with van der Waals surface area (Å²) in [6.45, 7) is 1.75. The maximum atomic E-state index is 11.4. The molecule has 14 heavy (non-hydrogen) atoms. The molecule has 5 nitrogen and oxygen atoms in total. The molecule has 0 saturated carbocycles. The third-order valence-corrected chi connectivity index (χ3v) is 3.04. The van der Waals surface area contributed by atoms with E-state index in [1.165, 1.54) is 21.9 Å². The second kappa shape index (κ2) is 3.40. The Morgan fingerprint density at radius 2 is 2.50 bits per heavy atom. The maximum Gasteiger partial charge on any atom is 0.275 e. The van der Waals surface area contributed by atoms with E-state index in [-0.39, 0.29) is 5.56 Å². The number of hydrogen-bond acceptors (Lipinski definition) is 6. The first-order chi connectivity index (χ1) is 6.70. The van der Waals surface area contributed by atoms with E-state index in [4.69, 9.17) is 5.26 Å². The van der Waals surface area contributed by atoms with Crippen molar-refractivity contribution >= 4 is 28.1 Å². The molecule has 0 bridgehead atoms. The average molecular weight is 224 g/mol. The Balaban J connectivity index is 2.72. The summed E-state index contributed by atoms with van der Waals surface area (Å²) in [5, 5.41) is 14.3. The number of hydrogen-bond donors (Lipinski definition) is 0. The molecular weight excluding hydrogens is 220 g/mol. The Morgan fingerprint density at radius 3 is 3.21 bits per heavy atom. The molecule has 0 spiro atoms. The first kappa shape index (κ1) is 9.18. The van der Waals surface area contributed by atoms with Crippen LogP contribution < -0.4 is 5.56 Å². The summed E-state index contributed by atoms with van der Waals surface area (Å²) < 4.78 is 1.74. The summed E-state index contributed by atoms with van der Waals surface area (Å²) in [6, 6.07) is 1.41. The summed E-state index contributed by atoms with van der Waals surface area (Å²) in [4.78, 5) is 16.0. The highest BCUT2D eigenvalue weighted by Crippen LogP contribution is 2.21. The van der Waals surface area contributed by atoms with E-state index in [0.29, 0.717) is 15.0 Å². The van der Waals surface area contributed by atoms with Gasteiger partial charge in [0.2, 0.25) is 4.96 Å². The number of aromatic nitrogens is 3. The molecule has 0 unspecified atom stereocenters. The summed E-state index contributed by atoms with van der Waals surface area (Å²) in [5.41, 5.74) is 0.445. The fraction of sp³-hybridized carbons (Fsp3) is 0.143. The number of nitriles is 1. The van der Waals surface area contributed by atoms with Crippen molar-refractivity contribution in [1.29, 1.82) is 5.26 Å². The van der Waals surface area contributed by atoms with E-state index < -0.39 is 0 Å². The molecule has 0 aliphatic carbocycles. The highest BCUT2D eigenvalue weighted by molar-refractivity contribution is 8.05. The fourth-order valence-corrected chi connectivity index (χ4v) is 2.37. The highest BCUT2D eigenvalue weighted by atomic mass is 32.2. The Morgan fingerprint density at radius 1 is 1.71 bits per heavy atom. The van der Waals surface area contributed by atoms with Crippen LogP contribution in [-0.4, -0.2) is 14.6 Å². The third kappa shape index (κ3) is 1.49. The minimum atomic E-state index is -0.214. The van der Waals surface area contributed by atoms with Crippen LogP contribution in [0, 0.1) is 17.6 Å². The van der Waals surface area contributed by atoms with Gasteiger partial charge >= 0.3 is 0 Å². The molecule has 2 heterocycles. The van der Waals surface area contributed by atoms with Crippen molar-refractivity contribution in [3.63, 3.8) is 0 Å². The van der Waals surface area contributed by atoms with Gasteiger partial charge in [-0.15, -0.1) is 5.10 Å². The summed E-state index contributed by atoms with van der Waals surface area (Å²) >= 11 is 2.16. The van der Waals surface area contributed by atoms with E-state index in [0.717, 1.165) is 11.8 Å². The van der Waals surface area contributed by atoms with E-state index in [2.05, 4.69) is 10.1 Å². The molecule has 2 rings (SSSR count). The van der Waals surface area contributed by atoms with E-state index in [1.807, 2.05) is 5.40 Å². The normalized spacial score (nSPS) is 10.3. The van der Waals surface area contributed by atoms with Crippen LogP contribution in [0.2, 0.25) is 0 Å². The van der Waals surface area contributed by atoms with Gasteiger partial charge in [0.05, 0.1) is 0 Å². The van der Waals surface area contributed by atoms with Crippen LogP contribution in [0.4, 0.5) is 0 Å². The van der Waals surface area contributed by atoms with Gasteiger partial charge in [0, 0.05) is 23.5 Å². The van der Waals surface area contributed by atoms with Crippen LogP contribution in [0.25, 0.3) is 4.96 Å². The van der Waals surface area contributed by atoms with Gasteiger partial charge in [-0.1, -0.05) is 11.3 Å². The lowest BCUT2D eigenvalue weighted by atomic mass is 10.5. The van der Waals surface area contributed by atoms with Gasteiger partial charge in [0.15, 0.2) is 4.34 Å². The van der Waals surface area contributed by atoms with Gasteiger partial charge in [-0.3, -0.25) is 4.79 Å². The van der Waals surface area contributed by atoms with E-state index >= 15 is 0 Å². The summed E-state index contributed by atoms with van der Waals surface area (Å²) in [7, 11) is 0. The minimum absolute atomic E-state index is 0.214. The molecule has 0 aromatic carbocycles. The zero-order valence-corrected chi connectivity index (χ0v) is 8.72. The van der Waals surface area contributed by atoms with E-state index in [1.54, 1.807) is 6.92 Å². The van der Waals surface area contributed by atoms with Crippen molar-refractivity contribution in [3.05, 3.63) is 22.1 Å². The standard InChI is InChI=1S/C7H4N4OS2/c1-4-2-5(12)11-6(9-4)14-7(10-11)13-3-8/h2H,1H3. The molecule has 0 amide bonds. The number of thioether (sulfide) groups is 1. The summed E-state index contributed by atoms with van der Waals surface area (Å²) in [5.74, 6) is 0. The number of rotatable bonds is 1. The van der Waals surface area contributed by atoms with Crippen LogP contribution in [-0.2, 0) is 0 Å². The Bertz CT molecular complexity index is 579. The van der Waals surface area contributed by atoms with Gasteiger partial charge in [0.25, 0.3) is 5.56 Å². The van der Waals surface area contributed by atoms with Crippen molar-refractivity contribution in [2.75, 3.05) is 0 Å². The van der Waals surface area contributed by atoms with Gasteiger partial charge in [-0.25, -0.2) is 4.98 Å². The largest absolute Gasteiger partial charge is 0.275 e. The van der Waals surface area contributed by atoms with Crippen molar-refractivity contribution in [3.8, 4) is 5.40 Å². The topological polar surface area (TPSA) is 71.1 Å². The number of nitrogens with zero attached hydrogens (tertiary/aromatic N) is 4. The number of thiocyanates is 1. The first-order valence-electron chi connectivity index (χ1n) is 3.64. The predicted octanol–water partition coefficient (Wildman–Crippen LogP) is 1.03. The SMILES string of the molecule is Cc1cc(=O)n2nc(SC#N)sc2n1. The maximum absolute atomic E-state index is 11.4. The molecule has 0 N–H and O–H groups in total. The molecule has 7 heteroatoms. The molecule has 2 aromatic rings. The average Bonchev–Trinajstić information content (AvgIpc) is 2.48. The smallest absolute Gasteiger partial charge is 0.267 e. The van der Waals surface area contributed by atoms with Gasteiger partial charge in [-0.2, -0.15) is 9.78 Å². The molecule has 0 aliphatic heterocycles. The zero-order chi connectivity index (χ0) is 10.1. The van der Waals surface area contributed by atoms with Crippen LogP contribution >= 0.6 is 23.1 Å². The number of fused-ring (bicyclic) bond motifs is 1. The second-order valence-electron chi connectivity index (χ2n) is 2.49. The Labute approximate surface area is 87.0 Å². The lowest BCUT2D eigenvalue weighted by molar-refractivity contribution is 0.852. The fourth-order valence-electron chi connectivity index (χ4n) is 0.983. The van der Waals surface area contributed by atoms with Gasteiger partial charge in [0.1, 0.15) is 5.40 Å². The van der Waals surface area contributed by atoms with Crippen LogP contribution in [0.5, 0.6) is 0 Å². The van der Waals surface area contributed by atoms with Crippen LogP contribution in [0.15, 0.2) is 15.2 Å². The summed E-state index contributed by atoms with van der Waals surface area (Å²) in [6.07, 6.45) is 0. The Kier molecular flexibility index (Phi) is 2.23. The molecular formula is C7H4N4OS2. The first-order valence-corrected chi connectivity index (χ1v) is 5.27. The van der Waals surface area contributed by atoms with Crippen LogP contribution in [0.3, 0.4) is 0 Å². The molecule has 0 atom stereocenters. The molecule has 70 valence electrons. The predicted molar refractivity (Wildman–Crippen MR) is 53.3 cm³/mol. The monoisotopic (exact) mass is 224 g/mol. The van der Waals surface area contributed by atoms with E-state index in [9.17, 15) is 4.79 Å². The van der Waals surface area contributed by atoms with Gasteiger partial charge < -0.3 is 0 Å². The minimum Gasteiger partial charge on any atom is -0.267 e. The second-order valence-corrected chi connectivity index (χ2v) is 4.48. The lowest BCUT2D eigenvalue weighted by Crippen LogP contribution is -2.14. The van der Waals surface area contributed by atoms with Crippen molar-refractivity contribution in [2.24, 2.45) is 0 Å². The zero-order valence-electron chi connectivity index (χ0n) is 7.09. The molecule has 0 aliphatic rings. The van der Waals surface area contributed by atoms with Crippen LogP contribution in [0.1, 0.15) is 5.69 Å². The quantitative estimate of drug-likeness (QED) is 0.534. The molecule has 0 fully saturated rings.